The largest absolute Gasteiger partial charge is 0.487 e. The number of aromatic nitrogens is 3. The Morgan fingerprint density at radius 2 is 2.12 bits per heavy atom. The van der Waals surface area contributed by atoms with Crippen LogP contribution < -0.4 is 10.1 Å². The maximum atomic E-state index is 12.2. The first-order valence-corrected chi connectivity index (χ1v) is 8.68. The normalized spacial score (nSPS) is 10.5. The number of halogens is 2. The first-order valence-electron chi connectivity index (χ1n) is 7.16. The minimum Gasteiger partial charge on any atom is -0.487 e. The lowest BCUT2D eigenvalue weighted by molar-refractivity contribution is 0.102. The molecule has 2 heterocycles. The topological polar surface area (TPSA) is 77.0 Å². The summed E-state index contributed by atoms with van der Waals surface area (Å²) in [5, 5.41) is 4.08. The SMILES string of the molecule is Cc1nsc(NC(=O)c2cc(COc3cc(Cl)ccc3Cl)ccn2)n1. The Morgan fingerprint density at radius 3 is 2.88 bits per heavy atom. The van der Waals surface area contributed by atoms with Crippen molar-refractivity contribution in [3.8, 4) is 5.75 Å². The minimum atomic E-state index is -0.362. The summed E-state index contributed by atoms with van der Waals surface area (Å²) in [4.78, 5) is 20.4. The number of amides is 1. The highest BCUT2D eigenvalue weighted by molar-refractivity contribution is 7.09. The molecule has 0 bridgehead atoms. The molecule has 1 N–H and O–H groups in total. The molecule has 3 aromatic rings. The van der Waals surface area contributed by atoms with Gasteiger partial charge in [0.15, 0.2) is 0 Å². The zero-order chi connectivity index (χ0) is 17.8. The van der Waals surface area contributed by atoms with Crippen molar-refractivity contribution in [1.29, 1.82) is 0 Å². The van der Waals surface area contributed by atoms with Crippen molar-refractivity contribution in [2.45, 2.75) is 13.5 Å². The van der Waals surface area contributed by atoms with Crippen molar-refractivity contribution in [2.24, 2.45) is 0 Å². The van der Waals surface area contributed by atoms with Crippen LogP contribution in [0.5, 0.6) is 5.75 Å². The van der Waals surface area contributed by atoms with Gasteiger partial charge in [-0.1, -0.05) is 23.2 Å². The Hall–Kier alpha value is -2.22. The fraction of sp³-hybridized carbons (Fsp3) is 0.125. The predicted octanol–water partition coefficient (Wildman–Crippen LogP) is 4.38. The van der Waals surface area contributed by atoms with Crippen LogP contribution in [0.15, 0.2) is 36.5 Å². The molecule has 128 valence electrons. The summed E-state index contributed by atoms with van der Waals surface area (Å²) in [5.41, 5.74) is 1.02. The van der Waals surface area contributed by atoms with Crippen LogP contribution >= 0.6 is 34.7 Å². The first-order chi connectivity index (χ1) is 12.0. The van der Waals surface area contributed by atoms with Gasteiger partial charge >= 0.3 is 0 Å². The summed E-state index contributed by atoms with van der Waals surface area (Å²) in [6.45, 7) is 1.98. The number of pyridine rings is 1. The predicted molar refractivity (Wildman–Crippen MR) is 97.6 cm³/mol. The van der Waals surface area contributed by atoms with E-state index in [0.717, 1.165) is 17.1 Å². The van der Waals surface area contributed by atoms with E-state index < -0.39 is 0 Å². The molecule has 0 aliphatic carbocycles. The zero-order valence-corrected chi connectivity index (χ0v) is 15.3. The molecule has 0 aliphatic heterocycles. The van der Waals surface area contributed by atoms with Gasteiger partial charge in [0.2, 0.25) is 5.13 Å². The summed E-state index contributed by atoms with van der Waals surface area (Å²) in [5.74, 6) is 0.717. The number of carbonyl (C=O) groups excluding carboxylic acids is 1. The molecule has 0 fully saturated rings. The van der Waals surface area contributed by atoms with Gasteiger partial charge in [0.05, 0.1) is 5.02 Å². The standard InChI is InChI=1S/C16H12Cl2N4O2S/c1-9-20-16(25-22-9)21-15(23)13-6-10(4-5-19-13)8-24-14-7-11(17)2-3-12(14)18/h2-7H,8H2,1H3,(H,20,21,22,23). The molecule has 0 radical (unpaired) electrons. The molecular formula is C16H12Cl2N4O2S. The van der Waals surface area contributed by atoms with E-state index in [-0.39, 0.29) is 18.2 Å². The van der Waals surface area contributed by atoms with Crippen LogP contribution in [0.4, 0.5) is 5.13 Å². The van der Waals surface area contributed by atoms with Gasteiger partial charge in [-0.25, -0.2) is 4.98 Å². The average molecular weight is 395 g/mol. The molecule has 0 atom stereocenters. The first kappa shape index (κ1) is 17.6. The lowest BCUT2D eigenvalue weighted by Crippen LogP contribution is -2.14. The van der Waals surface area contributed by atoms with Crippen LogP contribution in [0.25, 0.3) is 0 Å². The lowest BCUT2D eigenvalue weighted by Gasteiger charge is -2.09. The molecule has 1 aromatic carbocycles. The van der Waals surface area contributed by atoms with E-state index in [1.165, 1.54) is 0 Å². The van der Waals surface area contributed by atoms with E-state index in [1.54, 1.807) is 43.5 Å². The Balaban J connectivity index is 1.68. The highest BCUT2D eigenvalue weighted by Crippen LogP contribution is 2.28. The summed E-state index contributed by atoms with van der Waals surface area (Å²) in [6.07, 6.45) is 1.54. The number of rotatable bonds is 5. The minimum absolute atomic E-state index is 0.223. The average Bonchev–Trinajstić information content (AvgIpc) is 3.01. The van der Waals surface area contributed by atoms with Gasteiger partial charge in [0.1, 0.15) is 23.9 Å². The second-order valence-electron chi connectivity index (χ2n) is 5.01. The van der Waals surface area contributed by atoms with E-state index in [2.05, 4.69) is 19.7 Å². The van der Waals surface area contributed by atoms with Crippen LogP contribution in [-0.2, 0) is 6.61 Å². The number of ether oxygens (including phenoxy) is 1. The second-order valence-corrected chi connectivity index (χ2v) is 6.61. The van der Waals surface area contributed by atoms with E-state index in [9.17, 15) is 4.79 Å². The van der Waals surface area contributed by atoms with Crippen LogP contribution in [0.3, 0.4) is 0 Å². The monoisotopic (exact) mass is 394 g/mol. The number of hydrogen-bond acceptors (Lipinski definition) is 6. The zero-order valence-electron chi connectivity index (χ0n) is 13.0. The van der Waals surface area contributed by atoms with Crippen LogP contribution in [0, 0.1) is 6.92 Å². The summed E-state index contributed by atoms with van der Waals surface area (Å²) in [7, 11) is 0. The number of benzene rings is 1. The quantitative estimate of drug-likeness (QED) is 0.694. The van der Waals surface area contributed by atoms with Crippen molar-refractivity contribution in [3.63, 3.8) is 0 Å². The Bertz CT molecular complexity index is 917. The van der Waals surface area contributed by atoms with Gasteiger partial charge in [0, 0.05) is 28.8 Å². The molecule has 0 saturated carbocycles. The van der Waals surface area contributed by atoms with Crippen molar-refractivity contribution in [3.05, 3.63) is 63.7 Å². The van der Waals surface area contributed by atoms with Gasteiger partial charge in [0.25, 0.3) is 5.91 Å². The number of nitrogens with one attached hydrogen (secondary N) is 1. The Labute approximate surface area is 158 Å². The second kappa shape index (κ2) is 7.77. The fourth-order valence-electron chi connectivity index (χ4n) is 1.95. The number of aryl methyl sites for hydroxylation is 1. The molecule has 0 unspecified atom stereocenters. The van der Waals surface area contributed by atoms with Gasteiger partial charge in [-0.05, 0) is 36.8 Å². The van der Waals surface area contributed by atoms with Crippen molar-refractivity contribution in [1.82, 2.24) is 14.3 Å². The van der Waals surface area contributed by atoms with E-state index >= 15 is 0 Å². The van der Waals surface area contributed by atoms with E-state index in [0.29, 0.717) is 26.8 Å². The highest BCUT2D eigenvalue weighted by Gasteiger charge is 2.11. The third kappa shape index (κ3) is 4.66. The Kier molecular flexibility index (Phi) is 5.47. The lowest BCUT2D eigenvalue weighted by atomic mass is 10.2. The van der Waals surface area contributed by atoms with E-state index in [1.807, 2.05) is 0 Å². The summed E-state index contributed by atoms with van der Waals surface area (Å²) in [6, 6.07) is 8.37. The van der Waals surface area contributed by atoms with E-state index in [4.69, 9.17) is 27.9 Å². The molecule has 25 heavy (non-hydrogen) atoms. The van der Waals surface area contributed by atoms with Crippen LogP contribution in [-0.4, -0.2) is 20.2 Å². The molecule has 0 spiro atoms. The molecule has 2 aromatic heterocycles. The maximum absolute atomic E-state index is 12.2. The third-order valence-electron chi connectivity index (χ3n) is 3.09. The molecule has 9 heteroatoms. The fourth-order valence-corrected chi connectivity index (χ4v) is 2.85. The van der Waals surface area contributed by atoms with Crippen LogP contribution in [0.1, 0.15) is 21.9 Å². The van der Waals surface area contributed by atoms with Crippen LogP contribution in [0.2, 0.25) is 10.0 Å². The van der Waals surface area contributed by atoms with Crippen molar-refractivity contribution in [2.75, 3.05) is 5.32 Å². The molecule has 6 nitrogen and oxygen atoms in total. The molecule has 1 amide bonds. The van der Waals surface area contributed by atoms with Crippen molar-refractivity contribution < 1.29 is 9.53 Å². The molecule has 0 saturated heterocycles. The van der Waals surface area contributed by atoms with Crippen molar-refractivity contribution >= 4 is 45.8 Å². The highest BCUT2D eigenvalue weighted by atomic mass is 35.5. The Morgan fingerprint density at radius 1 is 1.28 bits per heavy atom. The summed E-state index contributed by atoms with van der Waals surface area (Å²) < 4.78 is 9.68. The maximum Gasteiger partial charge on any atom is 0.276 e. The van der Waals surface area contributed by atoms with Gasteiger partial charge < -0.3 is 4.74 Å². The smallest absolute Gasteiger partial charge is 0.276 e. The number of nitrogens with zero attached hydrogens (tertiary/aromatic N) is 3. The summed E-state index contributed by atoms with van der Waals surface area (Å²) >= 11 is 13.1. The molecular weight excluding hydrogens is 383 g/mol. The number of hydrogen-bond donors (Lipinski definition) is 1. The number of anilines is 1. The third-order valence-corrected chi connectivity index (χ3v) is 4.36. The van der Waals surface area contributed by atoms with Gasteiger partial charge in [-0.3, -0.25) is 15.1 Å². The van der Waals surface area contributed by atoms with Gasteiger partial charge in [-0.2, -0.15) is 4.37 Å². The molecule has 3 rings (SSSR count). The number of carbonyl (C=O) groups is 1. The molecule has 0 aliphatic rings. The van der Waals surface area contributed by atoms with Gasteiger partial charge in [-0.15, -0.1) is 0 Å².